The topological polar surface area (TPSA) is 66.1 Å². The number of carbonyl (C=O) groups is 1. The van der Waals surface area contributed by atoms with Crippen LogP contribution in [0.3, 0.4) is 0 Å². The van der Waals surface area contributed by atoms with Crippen LogP contribution in [0.5, 0.6) is 0 Å². The average molecular weight is 273 g/mol. The normalized spacial score (nSPS) is 12.3. The maximum Gasteiger partial charge on any atom is 0.275 e. The number of carbonyl (C=O) groups excluding carboxylic acids is 1. The summed E-state index contributed by atoms with van der Waals surface area (Å²) in [6.07, 6.45) is 0.876. The third-order valence-corrected chi connectivity index (χ3v) is 3.62. The van der Waals surface area contributed by atoms with Gasteiger partial charge < -0.3 is 4.90 Å². The molecule has 106 valence electrons. The number of benzene rings is 1. The van der Waals surface area contributed by atoms with E-state index in [1.54, 1.807) is 29.2 Å². The molecule has 0 aliphatic heterocycles. The summed E-state index contributed by atoms with van der Waals surface area (Å²) < 4.78 is 0. The first kappa shape index (κ1) is 14.2. The molecule has 0 saturated heterocycles. The van der Waals surface area contributed by atoms with E-state index in [0.29, 0.717) is 23.0 Å². The van der Waals surface area contributed by atoms with Crippen molar-refractivity contribution in [2.24, 2.45) is 0 Å². The summed E-state index contributed by atoms with van der Waals surface area (Å²) in [6.45, 7) is 6.61. The molecule has 0 aliphatic rings. The quantitative estimate of drug-likeness (QED) is 0.928. The summed E-state index contributed by atoms with van der Waals surface area (Å²) in [6, 6.07) is 7.18. The van der Waals surface area contributed by atoms with Gasteiger partial charge in [0, 0.05) is 18.0 Å². The summed E-state index contributed by atoms with van der Waals surface area (Å²) in [5, 5.41) is 7.46. The van der Waals surface area contributed by atoms with Gasteiger partial charge in [0.25, 0.3) is 11.5 Å². The molecule has 1 aromatic carbocycles. The molecule has 20 heavy (non-hydrogen) atoms. The molecule has 1 amide bonds. The van der Waals surface area contributed by atoms with Gasteiger partial charge in [-0.15, -0.1) is 0 Å². The molecule has 1 N–H and O–H groups in total. The van der Waals surface area contributed by atoms with Crippen molar-refractivity contribution in [3.05, 3.63) is 40.3 Å². The molecule has 0 saturated carbocycles. The highest BCUT2D eigenvalue weighted by atomic mass is 16.2. The Hall–Kier alpha value is -2.17. The lowest BCUT2D eigenvalue weighted by Crippen LogP contribution is -2.39. The molecular formula is C15H19N3O2. The van der Waals surface area contributed by atoms with E-state index >= 15 is 0 Å². The second kappa shape index (κ2) is 5.86. The molecular weight excluding hydrogens is 254 g/mol. The van der Waals surface area contributed by atoms with Crippen molar-refractivity contribution in [3.8, 4) is 0 Å². The van der Waals surface area contributed by atoms with Crippen LogP contribution in [0.15, 0.2) is 29.1 Å². The highest BCUT2D eigenvalue weighted by Crippen LogP contribution is 2.16. The van der Waals surface area contributed by atoms with Crippen LogP contribution in [0.1, 0.15) is 37.7 Å². The highest BCUT2D eigenvalue weighted by molar-refractivity contribution is 6.04. The lowest BCUT2D eigenvalue weighted by molar-refractivity contribution is 0.0695. The number of fused-ring (bicyclic) bond motifs is 1. The average Bonchev–Trinajstić information content (AvgIpc) is 2.48. The first-order valence-corrected chi connectivity index (χ1v) is 6.88. The van der Waals surface area contributed by atoms with Crippen molar-refractivity contribution >= 4 is 16.7 Å². The number of hydrogen-bond donors (Lipinski definition) is 1. The molecule has 0 aliphatic carbocycles. The Morgan fingerprint density at radius 1 is 1.30 bits per heavy atom. The molecule has 5 nitrogen and oxygen atoms in total. The van der Waals surface area contributed by atoms with Crippen LogP contribution in [-0.2, 0) is 0 Å². The van der Waals surface area contributed by atoms with Gasteiger partial charge in [-0.2, -0.15) is 5.10 Å². The molecule has 0 radical (unpaired) electrons. The first-order valence-electron chi connectivity index (χ1n) is 6.88. The maximum absolute atomic E-state index is 12.6. The van der Waals surface area contributed by atoms with E-state index in [1.165, 1.54) is 0 Å². The van der Waals surface area contributed by atoms with Gasteiger partial charge in [0.1, 0.15) is 0 Å². The van der Waals surface area contributed by atoms with Gasteiger partial charge in [-0.05, 0) is 26.3 Å². The number of rotatable bonds is 4. The van der Waals surface area contributed by atoms with Gasteiger partial charge in [0.05, 0.1) is 5.39 Å². The van der Waals surface area contributed by atoms with Gasteiger partial charge in [-0.25, -0.2) is 5.10 Å². The van der Waals surface area contributed by atoms with Gasteiger partial charge in [-0.1, -0.05) is 25.1 Å². The van der Waals surface area contributed by atoms with E-state index in [-0.39, 0.29) is 17.5 Å². The van der Waals surface area contributed by atoms with E-state index in [9.17, 15) is 9.59 Å². The SMILES string of the molecule is CCC(C)N(CC)C(=O)c1n[nH]c(=O)c2ccccc12. The fraction of sp³-hybridized carbons (Fsp3) is 0.400. The zero-order valence-corrected chi connectivity index (χ0v) is 12.0. The van der Waals surface area contributed by atoms with Gasteiger partial charge >= 0.3 is 0 Å². The Kier molecular flexibility index (Phi) is 4.17. The lowest BCUT2D eigenvalue weighted by atomic mass is 10.1. The summed E-state index contributed by atoms with van der Waals surface area (Å²) in [4.78, 5) is 26.2. The first-order chi connectivity index (χ1) is 9.60. The Bertz CT molecular complexity index is 678. The lowest BCUT2D eigenvalue weighted by Gasteiger charge is -2.27. The standard InChI is InChI=1S/C15H19N3O2/c1-4-10(3)18(5-2)15(20)13-11-8-6-7-9-12(11)14(19)17-16-13/h6-10H,4-5H2,1-3H3,(H,17,19). The Balaban J connectivity index is 2.55. The maximum atomic E-state index is 12.6. The van der Waals surface area contributed by atoms with Crippen LogP contribution < -0.4 is 5.56 Å². The smallest absolute Gasteiger partial charge is 0.275 e. The van der Waals surface area contributed by atoms with E-state index in [2.05, 4.69) is 10.2 Å². The number of aromatic amines is 1. The van der Waals surface area contributed by atoms with Crippen molar-refractivity contribution in [1.82, 2.24) is 15.1 Å². The summed E-state index contributed by atoms with van der Waals surface area (Å²) in [5.41, 5.74) is 0.0334. The molecule has 1 unspecified atom stereocenters. The van der Waals surface area contributed by atoms with E-state index < -0.39 is 0 Å². The van der Waals surface area contributed by atoms with Crippen LogP contribution in [0.25, 0.3) is 10.8 Å². The molecule has 5 heteroatoms. The van der Waals surface area contributed by atoms with E-state index in [1.807, 2.05) is 20.8 Å². The molecule has 1 atom stereocenters. The van der Waals surface area contributed by atoms with E-state index in [0.717, 1.165) is 6.42 Å². The summed E-state index contributed by atoms with van der Waals surface area (Å²) in [5.74, 6) is -0.144. The van der Waals surface area contributed by atoms with E-state index in [4.69, 9.17) is 0 Å². The van der Waals surface area contributed by atoms with Gasteiger partial charge in [-0.3, -0.25) is 9.59 Å². The largest absolute Gasteiger partial charge is 0.335 e. The van der Waals surface area contributed by atoms with Crippen LogP contribution >= 0.6 is 0 Å². The summed E-state index contributed by atoms with van der Waals surface area (Å²) >= 11 is 0. The van der Waals surface area contributed by atoms with Crippen LogP contribution in [0.2, 0.25) is 0 Å². The van der Waals surface area contributed by atoms with Crippen molar-refractivity contribution in [2.45, 2.75) is 33.2 Å². The van der Waals surface area contributed by atoms with Gasteiger partial charge in [0.15, 0.2) is 5.69 Å². The Morgan fingerprint density at radius 3 is 2.55 bits per heavy atom. The minimum Gasteiger partial charge on any atom is -0.335 e. The Labute approximate surface area is 117 Å². The van der Waals surface area contributed by atoms with Crippen LogP contribution in [0, 0.1) is 0 Å². The number of aromatic nitrogens is 2. The molecule has 1 heterocycles. The van der Waals surface area contributed by atoms with Crippen molar-refractivity contribution < 1.29 is 4.79 Å². The predicted octanol–water partition coefficient (Wildman–Crippen LogP) is 2.18. The fourth-order valence-electron chi connectivity index (χ4n) is 2.29. The molecule has 2 rings (SSSR count). The summed E-state index contributed by atoms with van der Waals surface area (Å²) in [7, 11) is 0. The number of amides is 1. The highest BCUT2D eigenvalue weighted by Gasteiger charge is 2.22. The number of nitrogens with zero attached hydrogens (tertiary/aromatic N) is 2. The van der Waals surface area contributed by atoms with Crippen LogP contribution in [0.4, 0.5) is 0 Å². The zero-order valence-electron chi connectivity index (χ0n) is 12.0. The minimum atomic E-state index is -0.274. The zero-order chi connectivity index (χ0) is 14.7. The number of nitrogens with one attached hydrogen (secondary N) is 1. The van der Waals surface area contributed by atoms with Crippen molar-refractivity contribution in [1.29, 1.82) is 0 Å². The minimum absolute atomic E-state index is 0.139. The van der Waals surface area contributed by atoms with Crippen molar-refractivity contribution in [3.63, 3.8) is 0 Å². The molecule has 0 fully saturated rings. The molecule has 0 spiro atoms. The second-order valence-electron chi connectivity index (χ2n) is 4.80. The predicted molar refractivity (Wildman–Crippen MR) is 78.8 cm³/mol. The molecule has 0 bridgehead atoms. The van der Waals surface area contributed by atoms with Gasteiger partial charge in [0.2, 0.25) is 0 Å². The molecule has 1 aromatic heterocycles. The van der Waals surface area contributed by atoms with Crippen molar-refractivity contribution in [2.75, 3.05) is 6.54 Å². The second-order valence-corrected chi connectivity index (χ2v) is 4.80. The Morgan fingerprint density at radius 2 is 1.95 bits per heavy atom. The molecule has 2 aromatic rings. The third-order valence-electron chi connectivity index (χ3n) is 3.62. The number of hydrogen-bond acceptors (Lipinski definition) is 3. The third kappa shape index (κ3) is 2.43. The number of H-pyrrole nitrogens is 1. The fourth-order valence-corrected chi connectivity index (χ4v) is 2.29. The monoisotopic (exact) mass is 273 g/mol. The van der Waals surface area contributed by atoms with Crippen LogP contribution in [-0.4, -0.2) is 33.6 Å².